The zero-order valence-corrected chi connectivity index (χ0v) is 14.2. The van der Waals surface area contributed by atoms with Gasteiger partial charge >= 0.3 is 5.97 Å². The third-order valence-electron chi connectivity index (χ3n) is 4.44. The van der Waals surface area contributed by atoms with E-state index in [9.17, 15) is 14.7 Å². The summed E-state index contributed by atoms with van der Waals surface area (Å²) in [7, 11) is 0. The molecule has 1 aromatic carbocycles. The van der Waals surface area contributed by atoms with Crippen LogP contribution in [0.1, 0.15) is 12.8 Å². The molecule has 2 aromatic rings. The number of carbonyl (C=O) groups excluding carboxylic acids is 1. The Morgan fingerprint density at radius 1 is 1.27 bits per heavy atom. The molecule has 1 atom stereocenters. The van der Waals surface area contributed by atoms with E-state index >= 15 is 0 Å². The number of nitrogens with zero attached hydrogens (tertiary/aromatic N) is 4. The van der Waals surface area contributed by atoms with Gasteiger partial charge in [-0.2, -0.15) is 4.80 Å². The summed E-state index contributed by atoms with van der Waals surface area (Å²) in [6.07, 6.45) is 1.38. The van der Waals surface area contributed by atoms with Gasteiger partial charge in [-0.1, -0.05) is 30.3 Å². The normalized spacial score (nSPS) is 16.2. The molecular weight excluding hydrogens is 338 g/mol. The molecule has 1 fully saturated rings. The minimum Gasteiger partial charge on any atom is -0.481 e. The number of carboxylic acids is 1. The van der Waals surface area contributed by atoms with Gasteiger partial charge in [0.15, 0.2) is 0 Å². The lowest BCUT2D eigenvalue weighted by Crippen LogP contribution is -2.40. The number of hydrogen-bond acceptors (Lipinski definition) is 6. The van der Waals surface area contributed by atoms with Crippen molar-refractivity contribution in [1.82, 2.24) is 25.5 Å². The van der Waals surface area contributed by atoms with Crippen LogP contribution in [-0.2, 0) is 20.9 Å². The van der Waals surface area contributed by atoms with Crippen LogP contribution < -0.4 is 5.32 Å². The number of hydrogen-bond donors (Lipinski definition) is 2. The number of aliphatic carboxylic acids is 1. The number of aromatic nitrogens is 4. The van der Waals surface area contributed by atoms with Crippen molar-refractivity contribution in [3.8, 4) is 11.4 Å². The van der Waals surface area contributed by atoms with E-state index in [4.69, 9.17) is 4.74 Å². The van der Waals surface area contributed by atoms with Crippen LogP contribution in [0.5, 0.6) is 0 Å². The average molecular weight is 359 g/mol. The summed E-state index contributed by atoms with van der Waals surface area (Å²) in [5.74, 6) is -1.42. The highest BCUT2D eigenvalue weighted by Crippen LogP contribution is 2.23. The molecule has 26 heavy (non-hydrogen) atoms. The van der Waals surface area contributed by atoms with Crippen molar-refractivity contribution >= 4 is 11.9 Å². The highest BCUT2D eigenvalue weighted by molar-refractivity contribution is 5.77. The first kappa shape index (κ1) is 18.0. The van der Waals surface area contributed by atoms with E-state index in [1.807, 2.05) is 30.3 Å². The van der Waals surface area contributed by atoms with Crippen molar-refractivity contribution in [2.75, 3.05) is 19.8 Å². The van der Waals surface area contributed by atoms with Gasteiger partial charge in [0.2, 0.25) is 11.7 Å². The lowest BCUT2D eigenvalue weighted by molar-refractivity contribution is -0.145. The Kier molecular flexibility index (Phi) is 5.90. The number of amides is 1. The molecule has 2 N–H and O–H groups in total. The molecule has 1 saturated heterocycles. The lowest BCUT2D eigenvalue weighted by atomic mass is 9.86. The number of benzene rings is 1. The van der Waals surface area contributed by atoms with E-state index in [2.05, 4.69) is 20.7 Å². The highest BCUT2D eigenvalue weighted by atomic mass is 16.5. The largest absolute Gasteiger partial charge is 0.481 e. The van der Waals surface area contributed by atoms with E-state index < -0.39 is 11.9 Å². The molecule has 0 spiro atoms. The Hall–Kier alpha value is -2.81. The molecule has 9 nitrogen and oxygen atoms in total. The van der Waals surface area contributed by atoms with Crippen LogP contribution in [0.4, 0.5) is 0 Å². The van der Waals surface area contributed by atoms with E-state index in [-0.39, 0.29) is 24.9 Å². The molecular formula is C17H21N5O4. The smallest absolute Gasteiger partial charge is 0.308 e. The van der Waals surface area contributed by atoms with Crippen LogP contribution in [0.15, 0.2) is 30.3 Å². The fourth-order valence-electron chi connectivity index (χ4n) is 2.99. The number of tetrazole rings is 1. The molecule has 1 aliphatic rings. The van der Waals surface area contributed by atoms with Crippen molar-refractivity contribution in [2.24, 2.45) is 11.8 Å². The van der Waals surface area contributed by atoms with Gasteiger partial charge in [0.1, 0.15) is 6.54 Å². The van der Waals surface area contributed by atoms with Gasteiger partial charge in [-0.25, -0.2) is 0 Å². The molecule has 1 aromatic heterocycles. The SMILES string of the molecule is O=C(Cn1nnc(-c2ccccc2)n1)NCC(C(=O)O)C1CCOCC1. The molecule has 0 aliphatic carbocycles. The summed E-state index contributed by atoms with van der Waals surface area (Å²) in [6.45, 7) is 1.10. The molecule has 0 bridgehead atoms. The van der Waals surface area contributed by atoms with Crippen LogP contribution in [0.2, 0.25) is 0 Å². The van der Waals surface area contributed by atoms with E-state index in [0.29, 0.717) is 31.9 Å². The fraction of sp³-hybridized carbons (Fsp3) is 0.471. The summed E-state index contributed by atoms with van der Waals surface area (Å²) < 4.78 is 5.27. The van der Waals surface area contributed by atoms with Crippen molar-refractivity contribution in [3.05, 3.63) is 30.3 Å². The summed E-state index contributed by atoms with van der Waals surface area (Å²) in [4.78, 5) is 24.8. The standard InChI is InChI=1S/C17H21N5O4/c23-15(18-10-14(17(24)25)12-6-8-26-9-7-12)11-22-20-16(19-21-22)13-4-2-1-3-5-13/h1-5,12,14H,6-11H2,(H,18,23)(H,24,25). The average Bonchev–Trinajstić information content (AvgIpc) is 3.11. The molecule has 0 radical (unpaired) electrons. The second-order valence-corrected chi connectivity index (χ2v) is 6.21. The van der Waals surface area contributed by atoms with Crippen molar-refractivity contribution in [2.45, 2.75) is 19.4 Å². The van der Waals surface area contributed by atoms with Gasteiger partial charge in [0.25, 0.3) is 0 Å². The van der Waals surface area contributed by atoms with Gasteiger partial charge in [-0.3, -0.25) is 9.59 Å². The number of rotatable bonds is 7. The van der Waals surface area contributed by atoms with Gasteiger partial charge in [0.05, 0.1) is 5.92 Å². The Morgan fingerprint density at radius 3 is 2.69 bits per heavy atom. The minimum absolute atomic E-state index is 0.00993. The summed E-state index contributed by atoms with van der Waals surface area (Å²) in [5, 5.41) is 24.1. The maximum Gasteiger partial charge on any atom is 0.308 e. The molecule has 1 unspecified atom stereocenters. The van der Waals surface area contributed by atoms with E-state index in [1.54, 1.807) is 0 Å². The second-order valence-electron chi connectivity index (χ2n) is 6.21. The van der Waals surface area contributed by atoms with Crippen LogP contribution in [0.3, 0.4) is 0 Å². The van der Waals surface area contributed by atoms with Crippen LogP contribution in [0.25, 0.3) is 11.4 Å². The molecule has 1 amide bonds. The zero-order chi connectivity index (χ0) is 18.4. The Morgan fingerprint density at radius 2 is 2.00 bits per heavy atom. The van der Waals surface area contributed by atoms with Gasteiger partial charge in [-0.15, -0.1) is 10.2 Å². The molecule has 138 valence electrons. The van der Waals surface area contributed by atoms with Crippen LogP contribution in [-0.4, -0.2) is 56.9 Å². The Bertz CT molecular complexity index is 743. The maximum atomic E-state index is 12.1. The number of carboxylic acid groups (broad SMARTS) is 1. The first-order chi connectivity index (χ1) is 12.6. The summed E-state index contributed by atoms with van der Waals surface area (Å²) in [5.41, 5.74) is 0.810. The van der Waals surface area contributed by atoms with Gasteiger partial charge in [-0.05, 0) is 24.0 Å². The zero-order valence-electron chi connectivity index (χ0n) is 14.2. The van der Waals surface area contributed by atoms with Crippen molar-refractivity contribution < 1.29 is 19.4 Å². The first-order valence-corrected chi connectivity index (χ1v) is 8.54. The molecule has 2 heterocycles. The predicted octanol–water partition coefficient (Wildman–Crippen LogP) is 0.584. The fourth-order valence-corrected chi connectivity index (χ4v) is 2.99. The topological polar surface area (TPSA) is 119 Å². The minimum atomic E-state index is -0.901. The first-order valence-electron chi connectivity index (χ1n) is 8.54. The number of nitrogens with one attached hydrogen (secondary N) is 1. The number of ether oxygens (including phenoxy) is 1. The predicted molar refractivity (Wildman–Crippen MR) is 90.9 cm³/mol. The van der Waals surface area contributed by atoms with Gasteiger partial charge < -0.3 is 15.2 Å². The van der Waals surface area contributed by atoms with Crippen LogP contribution in [0, 0.1) is 11.8 Å². The monoisotopic (exact) mass is 359 g/mol. The molecule has 0 saturated carbocycles. The lowest BCUT2D eigenvalue weighted by Gasteiger charge is -2.27. The third-order valence-corrected chi connectivity index (χ3v) is 4.44. The second kappa shape index (κ2) is 8.52. The Labute approximate surface area is 150 Å². The number of carbonyl (C=O) groups is 2. The van der Waals surface area contributed by atoms with Crippen LogP contribution >= 0.6 is 0 Å². The van der Waals surface area contributed by atoms with Gasteiger partial charge in [0, 0.05) is 25.3 Å². The molecule has 3 rings (SSSR count). The summed E-state index contributed by atoms with van der Waals surface area (Å²) >= 11 is 0. The molecule has 9 heteroatoms. The third kappa shape index (κ3) is 4.63. The molecule has 1 aliphatic heterocycles. The highest BCUT2D eigenvalue weighted by Gasteiger charge is 2.30. The van der Waals surface area contributed by atoms with Crippen molar-refractivity contribution in [1.29, 1.82) is 0 Å². The van der Waals surface area contributed by atoms with E-state index in [0.717, 1.165) is 5.56 Å². The van der Waals surface area contributed by atoms with E-state index in [1.165, 1.54) is 4.80 Å². The summed E-state index contributed by atoms with van der Waals surface area (Å²) in [6, 6.07) is 9.33. The Balaban J connectivity index is 1.53. The quantitative estimate of drug-likeness (QED) is 0.742. The van der Waals surface area contributed by atoms with Crippen molar-refractivity contribution in [3.63, 3.8) is 0 Å². The maximum absolute atomic E-state index is 12.1.